The first-order valence-corrected chi connectivity index (χ1v) is 8.27. The number of anilines is 1. The number of hydrogen-bond acceptors (Lipinski definition) is 5. The van der Waals surface area contributed by atoms with Gasteiger partial charge in [-0.2, -0.15) is 10.1 Å². The van der Waals surface area contributed by atoms with Gasteiger partial charge in [0.15, 0.2) is 0 Å². The second-order valence-electron chi connectivity index (χ2n) is 6.25. The van der Waals surface area contributed by atoms with E-state index in [-0.39, 0.29) is 0 Å². The molecular formula is C17H21N7. The van der Waals surface area contributed by atoms with Crippen molar-refractivity contribution < 1.29 is 0 Å². The third-order valence-electron chi connectivity index (χ3n) is 4.61. The Morgan fingerprint density at radius 1 is 1.17 bits per heavy atom. The quantitative estimate of drug-likeness (QED) is 0.766. The number of rotatable bonds is 4. The van der Waals surface area contributed by atoms with Crippen LogP contribution in [0, 0.1) is 0 Å². The molecule has 7 nitrogen and oxygen atoms in total. The molecule has 0 radical (unpaired) electrons. The molecule has 0 atom stereocenters. The van der Waals surface area contributed by atoms with Gasteiger partial charge in [-0.3, -0.25) is 10.00 Å². The van der Waals surface area contributed by atoms with Gasteiger partial charge in [-0.1, -0.05) is 12.1 Å². The number of aromatic nitrogens is 5. The number of hydrogen-bond donors (Lipinski definition) is 2. The summed E-state index contributed by atoms with van der Waals surface area (Å²) >= 11 is 0. The zero-order valence-electron chi connectivity index (χ0n) is 13.5. The molecule has 0 amide bonds. The van der Waals surface area contributed by atoms with E-state index in [1.54, 1.807) is 6.20 Å². The summed E-state index contributed by atoms with van der Waals surface area (Å²) in [5, 5.41) is 11.1. The van der Waals surface area contributed by atoms with Gasteiger partial charge in [-0.05, 0) is 49.7 Å². The molecule has 24 heavy (non-hydrogen) atoms. The first-order chi connectivity index (χ1) is 11.8. The van der Waals surface area contributed by atoms with Crippen molar-refractivity contribution in [1.82, 2.24) is 29.9 Å². The van der Waals surface area contributed by atoms with Crippen molar-refractivity contribution in [1.29, 1.82) is 0 Å². The minimum absolute atomic E-state index is 0.338. The summed E-state index contributed by atoms with van der Waals surface area (Å²) in [6.07, 6.45) is 5.91. The van der Waals surface area contributed by atoms with Crippen molar-refractivity contribution >= 4 is 5.95 Å². The van der Waals surface area contributed by atoms with Gasteiger partial charge < -0.3 is 5.73 Å². The Labute approximate surface area is 140 Å². The molecule has 0 saturated carbocycles. The molecule has 0 unspecified atom stereocenters. The summed E-state index contributed by atoms with van der Waals surface area (Å²) in [6, 6.07) is 10.5. The lowest BCUT2D eigenvalue weighted by atomic mass is 9.96. The van der Waals surface area contributed by atoms with Crippen LogP contribution >= 0.6 is 0 Å². The minimum atomic E-state index is 0.338. The molecule has 1 aliphatic rings. The van der Waals surface area contributed by atoms with Crippen LogP contribution in [0.1, 0.15) is 30.1 Å². The predicted molar refractivity (Wildman–Crippen MR) is 91.6 cm³/mol. The van der Waals surface area contributed by atoms with Crippen molar-refractivity contribution in [2.45, 2.75) is 25.3 Å². The second kappa shape index (κ2) is 6.45. The van der Waals surface area contributed by atoms with E-state index in [4.69, 9.17) is 5.73 Å². The molecule has 3 heterocycles. The number of nitrogens with zero attached hydrogens (tertiary/aromatic N) is 5. The minimum Gasteiger partial charge on any atom is -0.367 e. The van der Waals surface area contributed by atoms with Crippen molar-refractivity contribution in [3.05, 3.63) is 54.1 Å². The molecule has 1 fully saturated rings. The third-order valence-corrected chi connectivity index (χ3v) is 4.61. The van der Waals surface area contributed by atoms with Crippen LogP contribution in [0.4, 0.5) is 5.95 Å². The van der Waals surface area contributed by atoms with Crippen LogP contribution in [0.25, 0.3) is 5.69 Å². The van der Waals surface area contributed by atoms with E-state index in [0.29, 0.717) is 11.9 Å². The smallest absolute Gasteiger partial charge is 0.239 e. The average Bonchev–Trinajstić information content (AvgIpc) is 3.28. The molecule has 1 aromatic carbocycles. The fraction of sp³-hybridized carbons (Fsp3) is 0.353. The van der Waals surface area contributed by atoms with Crippen LogP contribution in [-0.4, -0.2) is 43.0 Å². The Balaban J connectivity index is 1.33. The highest BCUT2D eigenvalue weighted by Crippen LogP contribution is 2.26. The Morgan fingerprint density at radius 2 is 1.96 bits per heavy atom. The number of aromatic amines is 1. The highest BCUT2D eigenvalue weighted by atomic mass is 15.3. The predicted octanol–water partition coefficient (Wildman–Crippen LogP) is 1.95. The van der Waals surface area contributed by atoms with Crippen LogP contribution in [0.2, 0.25) is 0 Å². The van der Waals surface area contributed by atoms with Gasteiger partial charge in [0.05, 0.1) is 5.69 Å². The third kappa shape index (κ3) is 3.16. The highest BCUT2D eigenvalue weighted by Gasteiger charge is 2.23. The maximum atomic E-state index is 5.59. The average molecular weight is 323 g/mol. The van der Waals surface area contributed by atoms with Gasteiger partial charge in [-0.25, -0.2) is 4.68 Å². The molecule has 4 rings (SSSR count). The summed E-state index contributed by atoms with van der Waals surface area (Å²) in [7, 11) is 0. The Kier molecular flexibility index (Phi) is 4.00. The largest absolute Gasteiger partial charge is 0.367 e. The molecular weight excluding hydrogens is 302 g/mol. The van der Waals surface area contributed by atoms with Crippen molar-refractivity contribution in [3.63, 3.8) is 0 Å². The van der Waals surface area contributed by atoms with Gasteiger partial charge in [0.25, 0.3) is 0 Å². The van der Waals surface area contributed by atoms with E-state index < -0.39 is 0 Å². The summed E-state index contributed by atoms with van der Waals surface area (Å²) in [5.74, 6) is 1.70. The summed E-state index contributed by atoms with van der Waals surface area (Å²) in [6.45, 7) is 3.10. The van der Waals surface area contributed by atoms with Crippen molar-refractivity contribution in [3.8, 4) is 5.69 Å². The maximum Gasteiger partial charge on any atom is 0.239 e. The number of H-pyrrole nitrogens is 1. The van der Waals surface area contributed by atoms with E-state index in [2.05, 4.69) is 49.4 Å². The van der Waals surface area contributed by atoms with E-state index in [0.717, 1.165) is 44.0 Å². The van der Waals surface area contributed by atoms with Crippen molar-refractivity contribution in [2.75, 3.05) is 18.8 Å². The van der Waals surface area contributed by atoms with Crippen LogP contribution in [0.15, 0.2) is 42.7 Å². The van der Waals surface area contributed by atoms with Crippen LogP contribution in [-0.2, 0) is 6.54 Å². The highest BCUT2D eigenvalue weighted by molar-refractivity contribution is 5.33. The van der Waals surface area contributed by atoms with E-state index in [9.17, 15) is 0 Å². The Hall–Kier alpha value is -2.67. The molecule has 124 valence electrons. The SMILES string of the molecule is Nc1n[nH]c(C2CCN(Cc3ccc(-n4cccn4)cc3)CC2)n1. The Bertz CT molecular complexity index is 768. The van der Waals surface area contributed by atoms with E-state index in [1.807, 2.05) is 16.9 Å². The lowest BCUT2D eigenvalue weighted by Crippen LogP contribution is -2.32. The fourth-order valence-electron chi connectivity index (χ4n) is 3.27. The number of likely N-dealkylation sites (tertiary alicyclic amines) is 1. The van der Waals surface area contributed by atoms with Gasteiger partial charge in [0.1, 0.15) is 5.82 Å². The standard InChI is InChI=1S/C17H21N7/c18-17-20-16(21-22-17)14-6-10-23(11-7-14)12-13-2-4-15(5-3-13)24-9-1-8-19-24/h1-5,8-9,14H,6-7,10-12H2,(H3,18,20,21,22). The number of nitrogens with one attached hydrogen (secondary N) is 1. The molecule has 3 N–H and O–H groups in total. The number of nitrogens with two attached hydrogens (primary N) is 1. The van der Waals surface area contributed by atoms with Gasteiger partial charge in [-0.15, -0.1) is 5.10 Å². The monoisotopic (exact) mass is 323 g/mol. The summed E-state index contributed by atoms with van der Waals surface area (Å²) in [5.41, 5.74) is 8.01. The molecule has 0 spiro atoms. The van der Waals surface area contributed by atoms with E-state index in [1.165, 1.54) is 5.56 Å². The van der Waals surface area contributed by atoms with Crippen LogP contribution < -0.4 is 5.73 Å². The van der Waals surface area contributed by atoms with Gasteiger partial charge in [0, 0.05) is 24.9 Å². The molecule has 1 saturated heterocycles. The number of nitrogen functional groups attached to an aromatic ring is 1. The molecule has 0 bridgehead atoms. The number of piperidine rings is 1. The van der Waals surface area contributed by atoms with Crippen LogP contribution in [0.3, 0.4) is 0 Å². The lowest BCUT2D eigenvalue weighted by Gasteiger charge is -2.30. The number of benzene rings is 1. The first kappa shape index (κ1) is 14.9. The zero-order valence-corrected chi connectivity index (χ0v) is 13.5. The molecule has 0 aliphatic carbocycles. The van der Waals surface area contributed by atoms with Crippen molar-refractivity contribution in [2.24, 2.45) is 0 Å². The lowest BCUT2D eigenvalue weighted by molar-refractivity contribution is 0.202. The fourth-order valence-corrected chi connectivity index (χ4v) is 3.27. The first-order valence-electron chi connectivity index (χ1n) is 8.27. The second-order valence-corrected chi connectivity index (χ2v) is 6.25. The molecule has 1 aliphatic heterocycles. The maximum absolute atomic E-state index is 5.59. The molecule has 7 heteroatoms. The summed E-state index contributed by atoms with van der Waals surface area (Å²) < 4.78 is 1.87. The van der Waals surface area contributed by atoms with Gasteiger partial charge >= 0.3 is 0 Å². The van der Waals surface area contributed by atoms with Crippen LogP contribution in [0.5, 0.6) is 0 Å². The normalized spacial score (nSPS) is 16.5. The summed E-state index contributed by atoms with van der Waals surface area (Å²) in [4.78, 5) is 6.75. The molecule has 3 aromatic rings. The van der Waals surface area contributed by atoms with E-state index >= 15 is 0 Å². The van der Waals surface area contributed by atoms with Gasteiger partial charge in [0.2, 0.25) is 5.95 Å². The Morgan fingerprint density at radius 3 is 2.58 bits per heavy atom. The topological polar surface area (TPSA) is 88.6 Å². The molecule has 2 aromatic heterocycles. The zero-order chi connectivity index (χ0) is 16.4.